The summed E-state index contributed by atoms with van der Waals surface area (Å²) >= 11 is 0. The molecular weight excluding hydrogens is 194 g/mol. The highest BCUT2D eigenvalue weighted by Gasteiger charge is 2.07. The van der Waals surface area contributed by atoms with Crippen molar-refractivity contribution >= 4 is 15.8 Å². The number of anilines is 1. The third kappa shape index (κ3) is 2.69. The molecule has 0 aliphatic carbocycles. The van der Waals surface area contributed by atoms with E-state index in [0.29, 0.717) is 5.69 Å². The average Bonchev–Trinajstić information content (AvgIpc) is 2.04. The highest BCUT2D eigenvalue weighted by Crippen LogP contribution is 2.13. The van der Waals surface area contributed by atoms with Gasteiger partial charge in [-0.2, -0.15) is 8.42 Å². The van der Waals surface area contributed by atoms with Gasteiger partial charge in [0, 0.05) is 0 Å². The predicted octanol–water partition coefficient (Wildman–Crippen LogP) is 0.907. The molecule has 0 aliphatic heterocycles. The molecule has 0 spiro atoms. The minimum atomic E-state index is -4.10. The molecule has 0 aromatic heterocycles. The Bertz CT molecular complexity index is 370. The Labute approximate surface area is 76.0 Å². The van der Waals surface area contributed by atoms with Gasteiger partial charge in [-0.25, -0.2) is 0 Å². The van der Waals surface area contributed by atoms with E-state index in [1.807, 2.05) is 0 Å². The topological polar surface area (TPSA) is 75.6 Å². The van der Waals surface area contributed by atoms with Crippen molar-refractivity contribution in [2.75, 3.05) is 12.6 Å². The number of benzene rings is 1. The zero-order valence-corrected chi connectivity index (χ0v) is 7.71. The zero-order chi connectivity index (χ0) is 9.90. The molecule has 6 heteroatoms. The first kappa shape index (κ1) is 9.97. The molecule has 0 bridgehead atoms. The molecule has 72 valence electrons. The lowest BCUT2D eigenvalue weighted by molar-refractivity contribution is 0.271. The van der Waals surface area contributed by atoms with Crippen LogP contribution in [0.15, 0.2) is 29.2 Å². The summed E-state index contributed by atoms with van der Waals surface area (Å²) < 4.78 is 29.8. The lowest BCUT2D eigenvalue weighted by Gasteiger charge is -2.02. The molecular formula is C7H9NO4S. The first-order valence-electron chi connectivity index (χ1n) is 3.40. The monoisotopic (exact) mass is 203 g/mol. The highest BCUT2D eigenvalue weighted by atomic mass is 32.2. The molecule has 13 heavy (non-hydrogen) atoms. The van der Waals surface area contributed by atoms with Gasteiger partial charge in [-0.05, 0) is 24.3 Å². The van der Waals surface area contributed by atoms with Gasteiger partial charge < -0.3 is 0 Å². The van der Waals surface area contributed by atoms with Crippen LogP contribution in [0.4, 0.5) is 5.69 Å². The number of rotatable bonds is 3. The first-order valence-corrected chi connectivity index (χ1v) is 4.84. The molecule has 1 rings (SSSR count). The van der Waals surface area contributed by atoms with Gasteiger partial charge >= 0.3 is 0 Å². The zero-order valence-electron chi connectivity index (χ0n) is 6.89. The molecule has 2 N–H and O–H groups in total. The Balaban J connectivity index is 2.94. The Morgan fingerprint density at radius 2 is 1.85 bits per heavy atom. The maximum absolute atomic E-state index is 10.6. The second kappa shape index (κ2) is 3.73. The molecule has 1 aromatic rings. The van der Waals surface area contributed by atoms with Gasteiger partial charge in [-0.15, -0.1) is 0 Å². The summed E-state index contributed by atoms with van der Waals surface area (Å²) in [6.45, 7) is 0. The molecule has 0 saturated heterocycles. The molecule has 0 heterocycles. The average molecular weight is 203 g/mol. The quantitative estimate of drug-likeness (QED) is 0.564. The smallest absolute Gasteiger partial charge is 0.282 e. The van der Waals surface area contributed by atoms with E-state index >= 15 is 0 Å². The number of hydrogen-bond acceptors (Lipinski definition) is 4. The van der Waals surface area contributed by atoms with E-state index in [1.165, 1.54) is 31.4 Å². The fourth-order valence-electron chi connectivity index (χ4n) is 0.813. The molecule has 0 fully saturated rings. The van der Waals surface area contributed by atoms with Crippen molar-refractivity contribution in [3.05, 3.63) is 24.3 Å². The van der Waals surface area contributed by atoms with Gasteiger partial charge in [0.2, 0.25) is 0 Å². The van der Waals surface area contributed by atoms with Crippen LogP contribution in [-0.4, -0.2) is 20.1 Å². The molecule has 0 atom stereocenters. The van der Waals surface area contributed by atoms with Crippen molar-refractivity contribution in [1.82, 2.24) is 0 Å². The first-order chi connectivity index (χ1) is 6.04. The van der Waals surface area contributed by atoms with Gasteiger partial charge in [0.25, 0.3) is 10.1 Å². The molecule has 0 amide bonds. The van der Waals surface area contributed by atoms with E-state index in [-0.39, 0.29) is 4.90 Å². The molecule has 0 radical (unpaired) electrons. The summed E-state index contributed by atoms with van der Waals surface area (Å²) in [4.78, 5) is 4.45. The van der Waals surface area contributed by atoms with E-state index in [0.717, 1.165) is 0 Å². The summed E-state index contributed by atoms with van der Waals surface area (Å²) in [5.41, 5.74) is 3.12. The van der Waals surface area contributed by atoms with Gasteiger partial charge in [-0.1, -0.05) is 0 Å². The van der Waals surface area contributed by atoms with Gasteiger partial charge in [0.15, 0.2) is 0 Å². The maximum atomic E-state index is 10.6. The summed E-state index contributed by atoms with van der Waals surface area (Å²) in [6, 6.07) is 5.51. The fourth-order valence-corrected chi connectivity index (χ4v) is 1.29. The van der Waals surface area contributed by atoms with Gasteiger partial charge in [-0.3, -0.25) is 14.9 Å². The summed E-state index contributed by atoms with van der Waals surface area (Å²) in [5.74, 6) is 0. The lowest BCUT2D eigenvalue weighted by Crippen LogP contribution is -1.99. The molecule has 0 aliphatic rings. The van der Waals surface area contributed by atoms with Crippen molar-refractivity contribution in [3.63, 3.8) is 0 Å². The fraction of sp³-hybridized carbons (Fsp3) is 0.143. The van der Waals surface area contributed by atoms with Crippen LogP contribution >= 0.6 is 0 Å². The summed E-state index contributed by atoms with van der Waals surface area (Å²) in [7, 11) is -2.66. The van der Waals surface area contributed by atoms with Crippen LogP contribution in [0.5, 0.6) is 0 Å². The largest absolute Gasteiger partial charge is 0.294 e. The van der Waals surface area contributed by atoms with Crippen molar-refractivity contribution in [3.8, 4) is 0 Å². The van der Waals surface area contributed by atoms with E-state index in [4.69, 9.17) is 4.55 Å². The van der Waals surface area contributed by atoms with Crippen LogP contribution in [-0.2, 0) is 15.0 Å². The number of nitrogens with one attached hydrogen (secondary N) is 1. The van der Waals surface area contributed by atoms with E-state index < -0.39 is 10.1 Å². The van der Waals surface area contributed by atoms with Gasteiger partial charge in [0.1, 0.15) is 0 Å². The Morgan fingerprint density at radius 3 is 2.23 bits per heavy atom. The van der Waals surface area contributed by atoms with Crippen LogP contribution in [0.2, 0.25) is 0 Å². The standard InChI is InChI=1S/C7H9NO4S/c1-12-8-6-2-4-7(5-3-6)13(9,10)11/h2-5,8H,1H3,(H,9,10,11). The van der Waals surface area contributed by atoms with E-state index in [2.05, 4.69) is 10.3 Å². The Hall–Kier alpha value is -1.11. The van der Waals surface area contributed by atoms with Crippen LogP contribution in [0.25, 0.3) is 0 Å². The third-order valence-electron chi connectivity index (χ3n) is 1.37. The normalized spacial score (nSPS) is 11.2. The van der Waals surface area contributed by atoms with E-state index in [1.54, 1.807) is 0 Å². The van der Waals surface area contributed by atoms with Gasteiger partial charge in [0.05, 0.1) is 17.7 Å². The summed E-state index contributed by atoms with van der Waals surface area (Å²) in [6.07, 6.45) is 0. The Kier molecular flexibility index (Phi) is 2.86. The number of hydrogen-bond donors (Lipinski definition) is 2. The van der Waals surface area contributed by atoms with Crippen molar-refractivity contribution in [2.24, 2.45) is 0 Å². The molecule has 1 aromatic carbocycles. The van der Waals surface area contributed by atoms with Crippen LogP contribution in [0.3, 0.4) is 0 Å². The van der Waals surface area contributed by atoms with Crippen molar-refractivity contribution in [1.29, 1.82) is 0 Å². The summed E-state index contributed by atoms with van der Waals surface area (Å²) in [5, 5.41) is 0. The minimum absolute atomic E-state index is 0.144. The maximum Gasteiger partial charge on any atom is 0.294 e. The van der Waals surface area contributed by atoms with Crippen LogP contribution in [0, 0.1) is 0 Å². The SMILES string of the molecule is CONc1ccc(S(=O)(=O)O)cc1. The van der Waals surface area contributed by atoms with E-state index in [9.17, 15) is 8.42 Å². The van der Waals surface area contributed by atoms with Crippen LogP contribution in [0.1, 0.15) is 0 Å². The van der Waals surface area contributed by atoms with Crippen molar-refractivity contribution < 1.29 is 17.8 Å². The van der Waals surface area contributed by atoms with Crippen LogP contribution < -0.4 is 5.48 Å². The Morgan fingerprint density at radius 1 is 1.31 bits per heavy atom. The second-order valence-corrected chi connectivity index (χ2v) is 3.73. The molecule has 0 saturated carbocycles. The second-order valence-electron chi connectivity index (χ2n) is 2.31. The predicted molar refractivity (Wildman–Crippen MR) is 46.9 cm³/mol. The molecule has 0 unspecified atom stereocenters. The molecule has 5 nitrogen and oxygen atoms in total. The third-order valence-corrected chi connectivity index (χ3v) is 2.24. The highest BCUT2D eigenvalue weighted by molar-refractivity contribution is 7.85. The van der Waals surface area contributed by atoms with Crippen molar-refractivity contribution in [2.45, 2.75) is 4.90 Å². The minimum Gasteiger partial charge on any atom is -0.282 e. The lowest BCUT2D eigenvalue weighted by atomic mass is 10.3.